The van der Waals surface area contributed by atoms with E-state index >= 15 is 0 Å². The van der Waals surface area contributed by atoms with E-state index in [0.717, 1.165) is 0 Å². The van der Waals surface area contributed by atoms with Crippen LogP contribution in [0.15, 0.2) is 35.2 Å². The SMILES string of the molecule is CN(C)c1nc(NNS(=O)(=O)c2ccccc2)nc(N(C)C)n1. The number of hydrazine groups is 1. The lowest BCUT2D eigenvalue weighted by Crippen LogP contribution is -2.31. The molecule has 0 bridgehead atoms. The van der Waals surface area contributed by atoms with Crippen LogP contribution in [-0.2, 0) is 10.0 Å². The van der Waals surface area contributed by atoms with Gasteiger partial charge < -0.3 is 9.80 Å². The number of sulfonamides is 1. The summed E-state index contributed by atoms with van der Waals surface area (Å²) in [5.74, 6) is 0.919. The first-order valence-electron chi connectivity index (χ1n) is 6.73. The summed E-state index contributed by atoms with van der Waals surface area (Å²) < 4.78 is 24.4. The van der Waals surface area contributed by atoms with Gasteiger partial charge in [-0.15, -0.1) is 4.83 Å². The van der Waals surface area contributed by atoms with Crippen LogP contribution in [0.4, 0.5) is 17.8 Å². The van der Waals surface area contributed by atoms with E-state index in [0.29, 0.717) is 11.9 Å². The lowest BCUT2D eigenvalue weighted by atomic mass is 10.4. The van der Waals surface area contributed by atoms with Crippen LogP contribution >= 0.6 is 0 Å². The molecule has 0 saturated carbocycles. The van der Waals surface area contributed by atoms with Gasteiger partial charge in [0.1, 0.15) is 0 Å². The Morgan fingerprint density at radius 3 is 1.87 bits per heavy atom. The maximum absolute atomic E-state index is 12.2. The Morgan fingerprint density at radius 2 is 1.39 bits per heavy atom. The molecule has 0 aliphatic heterocycles. The lowest BCUT2D eigenvalue weighted by Gasteiger charge is -2.16. The van der Waals surface area contributed by atoms with Gasteiger partial charge in [0.25, 0.3) is 10.0 Å². The summed E-state index contributed by atoms with van der Waals surface area (Å²) in [5.41, 5.74) is 2.52. The molecule has 0 fully saturated rings. The monoisotopic (exact) mass is 337 g/mol. The second-order valence-electron chi connectivity index (χ2n) is 5.09. The van der Waals surface area contributed by atoms with Gasteiger partial charge in [-0.3, -0.25) is 5.43 Å². The van der Waals surface area contributed by atoms with Crippen molar-refractivity contribution >= 4 is 27.9 Å². The molecule has 0 saturated heterocycles. The molecule has 9 nitrogen and oxygen atoms in total. The van der Waals surface area contributed by atoms with Gasteiger partial charge in [0, 0.05) is 28.2 Å². The minimum Gasteiger partial charge on any atom is -0.347 e. The zero-order valence-corrected chi connectivity index (χ0v) is 14.2. The average molecular weight is 337 g/mol. The molecule has 1 aromatic heterocycles. The van der Waals surface area contributed by atoms with E-state index in [1.54, 1.807) is 56.2 Å². The molecule has 0 aliphatic carbocycles. The van der Waals surface area contributed by atoms with Crippen LogP contribution in [-0.4, -0.2) is 51.6 Å². The molecule has 0 amide bonds. The Kier molecular flexibility index (Phi) is 4.96. The van der Waals surface area contributed by atoms with Gasteiger partial charge in [-0.05, 0) is 12.1 Å². The van der Waals surface area contributed by atoms with E-state index < -0.39 is 10.0 Å². The van der Waals surface area contributed by atoms with E-state index in [2.05, 4.69) is 25.2 Å². The Balaban J connectivity index is 2.23. The molecular formula is C13H19N7O2S. The van der Waals surface area contributed by atoms with Crippen LogP contribution in [0.25, 0.3) is 0 Å². The smallest absolute Gasteiger partial charge is 0.257 e. The highest BCUT2D eigenvalue weighted by molar-refractivity contribution is 7.89. The molecule has 2 rings (SSSR count). The minimum atomic E-state index is -3.71. The Morgan fingerprint density at radius 1 is 0.870 bits per heavy atom. The first kappa shape index (κ1) is 16.9. The van der Waals surface area contributed by atoms with Gasteiger partial charge in [-0.2, -0.15) is 15.0 Å². The fourth-order valence-electron chi connectivity index (χ4n) is 1.58. The Hall–Kier alpha value is -2.46. The van der Waals surface area contributed by atoms with Crippen molar-refractivity contribution in [3.63, 3.8) is 0 Å². The van der Waals surface area contributed by atoms with Crippen molar-refractivity contribution < 1.29 is 8.42 Å². The summed E-state index contributed by atoms with van der Waals surface area (Å²) in [7, 11) is 3.42. The number of aromatic nitrogens is 3. The molecule has 0 atom stereocenters. The highest BCUT2D eigenvalue weighted by atomic mass is 32.2. The van der Waals surface area contributed by atoms with Gasteiger partial charge in [-0.1, -0.05) is 18.2 Å². The molecule has 0 unspecified atom stereocenters. The highest BCUT2D eigenvalue weighted by Crippen LogP contribution is 2.13. The summed E-state index contributed by atoms with van der Waals surface area (Å²) in [4.78, 5) is 18.3. The highest BCUT2D eigenvalue weighted by Gasteiger charge is 2.15. The summed E-state index contributed by atoms with van der Waals surface area (Å²) in [6.07, 6.45) is 0. The Labute approximate surface area is 135 Å². The van der Waals surface area contributed by atoms with Gasteiger partial charge in [-0.25, -0.2) is 8.42 Å². The third-order valence-corrected chi connectivity index (χ3v) is 4.03. The van der Waals surface area contributed by atoms with E-state index in [4.69, 9.17) is 0 Å². The molecule has 0 aliphatic rings. The summed E-state index contributed by atoms with van der Waals surface area (Å²) >= 11 is 0. The van der Waals surface area contributed by atoms with Gasteiger partial charge in [0.05, 0.1) is 4.90 Å². The molecule has 2 aromatic rings. The van der Waals surface area contributed by atoms with Crippen molar-refractivity contribution in [3.05, 3.63) is 30.3 Å². The van der Waals surface area contributed by atoms with Crippen molar-refractivity contribution in [2.75, 3.05) is 43.4 Å². The normalized spacial score (nSPS) is 11.1. The average Bonchev–Trinajstić information content (AvgIpc) is 2.53. The molecule has 1 aromatic carbocycles. The summed E-state index contributed by atoms with van der Waals surface area (Å²) in [5, 5.41) is 0. The van der Waals surface area contributed by atoms with Crippen molar-refractivity contribution in [3.8, 4) is 0 Å². The topological polar surface area (TPSA) is 103 Å². The summed E-state index contributed by atoms with van der Waals surface area (Å²) in [6, 6.07) is 8.02. The second-order valence-corrected chi connectivity index (χ2v) is 6.77. The van der Waals surface area contributed by atoms with Crippen LogP contribution in [0.2, 0.25) is 0 Å². The number of anilines is 3. The Bertz CT molecular complexity index is 737. The second kappa shape index (κ2) is 6.75. The molecule has 23 heavy (non-hydrogen) atoms. The largest absolute Gasteiger partial charge is 0.347 e. The van der Waals surface area contributed by atoms with Crippen molar-refractivity contribution in [2.45, 2.75) is 4.90 Å². The van der Waals surface area contributed by atoms with E-state index in [-0.39, 0.29) is 10.8 Å². The van der Waals surface area contributed by atoms with Crippen molar-refractivity contribution in [1.82, 2.24) is 19.8 Å². The zero-order valence-electron chi connectivity index (χ0n) is 13.3. The molecule has 2 N–H and O–H groups in total. The standard InChI is InChI=1S/C13H19N7O2S/c1-19(2)12-14-11(15-13(16-12)20(3)4)17-18-23(21,22)10-8-6-5-7-9-10/h5-9,18H,1-4H3,(H,14,15,16,17). The third kappa shape index (κ3) is 4.27. The molecular weight excluding hydrogens is 318 g/mol. The first-order valence-corrected chi connectivity index (χ1v) is 8.21. The van der Waals surface area contributed by atoms with Gasteiger partial charge in [0.2, 0.25) is 17.8 Å². The van der Waals surface area contributed by atoms with Crippen molar-refractivity contribution in [2.24, 2.45) is 0 Å². The molecule has 10 heteroatoms. The van der Waals surface area contributed by atoms with Crippen molar-refractivity contribution in [1.29, 1.82) is 0 Å². The number of hydrogen-bond donors (Lipinski definition) is 2. The number of nitrogens with zero attached hydrogens (tertiary/aromatic N) is 5. The fraction of sp³-hybridized carbons (Fsp3) is 0.308. The van der Waals surface area contributed by atoms with Crippen LogP contribution in [0.3, 0.4) is 0 Å². The molecule has 0 spiro atoms. The quantitative estimate of drug-likeness (QED) is 0.726. The number of rotatable bonds is 6. The van der Waals surface area contributed by atoms with Gasteiger partial charge >= 0.3 is 0 Å². The fourth-order valence-corrected chi connectivity index (χ4v) is 2.44. The summed E-state index contributed by atoms with van der Waals surface area (Å²) in [6.45, 7) is 0. The van der Waals surface area contributed by atoms with Gasteiger partial charge in [0.15, 0.2) is 0 Å². The molecule has 1 heterocycles. The predicted octanol–water partition coefficient (Wildman–Crippen LogP) is 0.309. The number of nitrogens with one attached hydrogen (secondary N) is 2. The first-order chi connectivity index (χ1) is 10.8. The zero-order chi connectivity index (χ0) is 17.0. The maximum Gasteiger partial charge on any atom is 0.257 e. The molecule has 124 valence electrons. The minimum absolute atomic E-state index is 0.104. The van der Waals surface area contributed by atoms with E-state index in [1.807, 2.05) is 0 Å². The predicted molar refractivity (Wildman–Crippen MR) is 88.9 cm³/mol. The number of hydrogen-bond acceptors (Lipinski definition) is 8. The van der Waals surface area contributed by atoms with Crippen LogP contribution in [0.5, 0.6) is 0 Å². The third-order valence-electron chi connectivity index (χ3n) is 2.76. The van der Waals surface area contributed by atoms with Crippen LogP contribution in [0.1, 0.15) is 0 Å². The maximum atomic E-state index is 12.2. The number of benzene rings is 1. The van der Waals surface area contributed by atoms with Crippen LogP contribution in [0, 0.1) is 0 Å². The molecule has 0 radical (unpaired) electrons. The lowest BCUT2D eigenvalue weighted by molar-refractivity contribution is 0.587. The van der Waals surface area contributed by atoms with Crippen LogP contribution < -0.4 is 20.1 Å². The van der Waals surface area contributed by atoms with E-state index in [1.165, 1.54) is 12.1 Å². The van der Waals surface area contributed by atoms with E-state index in [9.17, 15) is 8.42 Å².